The molecule has 0 saturated carbocycles. The third kappa shape index (κ3) is 1.36. The van der Waals surface area contributed by atoms with Gasteiger partial charge < -0.3 is 9.84 Å². The first-order valence-corrected chi connectivity index (χ1v) is 4.59. The molecule has 1 aliphatic heterocycles. The van der Waals surface area contributed by atoms with E-state index in [4.69, 9.17) is 4.74 Å². The fourth-order valence-electron chi connectivity index (χ4n) is 1.65. The van der Waals surface area contributed by atoms with Crippen LogP contribution < -0.4 is 0 Å². The number of aliphatic hydroxyl groups is 1. The van der Waals surface area contributed by atoms with Gasteiger partial charge >= 0.3 is 0 Å². The molecule has 0 spiro atoms. The summed E-state index contributed by atoms with van der Waals surface area (Å²) in [6, 6.07) is 8.16. The quantitative estimate of drug-likeness (QED) is 0.745. The van der Waals surface area contributed by atoms with E-state index in [1.54, 1.807) is 0 Å². The summed E-state index contributed by atoms with van der Waals surface area (Å²) in [4.78, 5) is 0. The van der Waals surface area contributed by atoms with Gasteiger partial charge in [-0.1, -0.05) is 29.8 Å². The van der Waals surface area contributed by atoms with Crippen molar-refractivity contribution in [1.82, 2.24) is 0 Å². The molecule has 2 heteroatoms. The van der Waals surface area contributed by atoms with Crippen LogP contribution >= 0.6 is 0 Å². The van der Waals surface area contributed by atoms with E-state index in [1.807, 2.05) is 12.1 Å². The first kappa shape index (κ1) is 8.73. The molecule has 70 valence electrons. The molecule has 0 amide bonds. The lowest BCUT2D eigenvalue weighted by molar-refractivity contribution is -0.177. The molecule has 1 heterocycles. The molecule has 0 aliphatic carbocycles. The number of hydrogen-bond acceptors (Lipinski definition) is 2. The number of ether oxygens (including phenoxy) is 1. The summed E-state index contributed by atoms with van der Waals surface area (Å²) in [5.41, 5.74) is 1.93. The average molecular weight is 178 g/mol. The van der Waals surface area contributed by atoms with E-state index in [9.17, 15) is 5.11 Å². The summed E-state index contributed by atoms with van der Waals surface area (Å²) >= 11 is 0. The molecule has 1 aliphatic rings. The molecule has 1 aromatic carbocycles. The largest absolute Gasteiger partial charge is 0.393 e. The molecule has 1 fully saturated rings. The minimum absolute atomic E-state index is 0.0794. The molecule has 2 nitrogen and oxygen atoms in total. The van der Waals surface area contributed by atoms with Gasteiger partial charge in [-0.15, -0.1) is 0 Å². The third-order valence-corrected chi connectivity index (χ3v) is 2.72. The molecule has 1 aromatic rings. The van der Waals surface area contributed by atoms with Crippen LogP contribution in [0.4, 0.5) is 0 Å². The van der Waals surface area contributed by atoms with Gasteiger partial charge in [0, 0.05) is 6.42 Å². The summed E-state index contributed by atoms with van der Waals surface area (Å²) in [6.45, 7) is 2.89. The molecule has 1 atom stereocenters. The van der Waals surface area contributed by atoms with E-state index < -0.39 is 5.60 Å². The SMILES string of the molecule is Cc1ccc(C2(CO)CCO2)cc1. The highest BCUT2D eigenvalue weighted by Crippen LogP contribution is 2.36. The van der Waals surface area contributed by atoms with E-state index in [1.165, 1.54) is 5.56 Å². The minimum Gasteiger partial charge on any atom is -0.393 e. The highest BCUT2D eigenvalue weighted by Gasteiger charge is 2.39. The molecule has 2 rings (SSSR count). The Bertz CT molecular complexity index is 280. The van der Waals surface area contributed by atoms with Crippen LogP contribution in [0.15, 0.2) is 24.3 Å². The maximum absolute atomic E-state index is 9.23. The van der Waals surface area contributed by atoms with Gasteiger partial charge in [0.1, 0.15) is 5.60 Å². The molecule has 0 bridgehead atoms. The monoisotopic (exact) mass is 178 g/mol. The maximum Gasteiger partial charge on any atom is 0.118 e. The molecule has 13 heavy (non-hydrogen) atoms. The van der Waals surface area contributed by atoms with Crippen molar-refractivity contribution in [3.63, 3.8) is 0 Å². The normalized spacial score (nSPS) is 26.9. The van der Waals surface area contributed by atoms with Crippen LogP contribution in [-0.2, 0) is 10.3 Å². The molecule has 0 aromatic heterocycles. The first-order valence-electron chi connectivity index (χ1n) is 4.59. The third-order valence-electron chi connectivity index (χ3n) is 2.72. The zero-order valence-electron chi connectivity index (χ0n) is 7.79. The number of aryl methyl sites for hydroxylation is 1. The lowest BCUT2D eigenvalue weighted by Gasteiger charge is -2.40. The summed E-state index contributed by atoms with van der Waals surface area (Å²) in [5, 5.41) is 9.23. The van der Waals surface area contributed by atoms with E-state index in [2.05, 4.69) is 19.1 Å². The Hall–Kier alpha value is -0.860. The number of aliphatic hydroxyl groups excluding tert-OH is 1. The smallest absolute Gasteiger partial charge is 0.118 e. The van der Waals surface area contributed by atoms with Crippen molar-refractivity contribution in [3.8, 4) is 0 Å². The Balaban J connectivity index is 2.28. The van der Waals surface area contributed by atoms with Crippen LogP contribution in [0, 0.1) is 6.92 Å². The van der Waals surface area contributed by atoms with E-state index in [-0.39, 0.29) is 6.61 Å². The van der Waals surface area contributed by atoms with Gasteiger partial charge in [-0.3, -0.25) is 0 Å². The van der Waals surface area contributed by atoms with Gasteiger partial charge in [-0.25, -0.2) is 0 Å². The second-order valence-corrected chi connectivity index (χ2v) is 3.62. The minimum atomic E-state index is -0.395. The Labute approximate surface area is 78.2 Å². The van der Waals surface area contributed by atoms with Crippen molar-refractivity contribution in [2.45, 2.75) is 18.9 Å². The fourth-order valence-corrected chi connectivity index (χ4v) is 1.65. The Morgan fingerprint density at radius 2 is 2.00 bits per heavy atom. The lowest BCUT2D eigenvalue weighted by atomic mass is 9.87. The average Bonchev–Trinajstić information content (AvgIpc) is 2.07. The van der Waals surface area contributed by atoms with Crippen LogP contribution in [-0.4, -0.2) is 18.3 Å². The van der Waals surface area contributed by atoms with Gasteiger partial charge in [0.15, 0.2) is 0 Å². The summed E-state index contributed by atoms with van der Waals surface area (Å²) < 4.78 is 5.44. The molecule has 1 saturated heterocycles. The van der Waals surface area contributed by atoms with E-state index in [0.29, 0.717) is 0 Å². The standard InChI is InChI=1S/C11H14O2/c1-9-2-4-10(5-3-9)11(8-12)6-7-13-11/h2-5,12H,6-8H2,1H3. The number of hydrogen-bond donors (Lipinski definition) is 1. The fraction of sp³-hybridized carbons (Fsp3) is 0.455. The topological polar surface area (TPSA) is 29.5 Å². The second-order valence-electron chi connectivity index (χ2n) is 3.62. The Kier molecular flexibility index (Phi) is 2.10. The molecular formula is C11H14O2. The predicted molar refractivity (Wildman–Crippen MR) is 50.5 cm³/mol. The zero-order chi connectivity index (χ0) is 9.31. The highest BCUT2D eigenvalue weighted by atomic mass is 16.5. The van der Waals surface area contributed by atoms with Crippen molar-refractivity contribution in [2.75, 3.05) is 13.2 Å². The zero-order valence-corrected chi connectivity index (χ0v) is 7.79. The van der Waals surface area contributed by atoms with E-state index in [0.717, 1.165) is 18.6 Å². The van der Waals surface area contributed by atoms with Crippen LogP contribution in [0.1, 0.15) is 17.5 Å². The van der Waals surface area contributed by atoms with Gasteiger partial charge in [0.25, 0.3) is 0 Å². The second kappa shape index (κ2) is 3.13. The molecule has 1 N–H and O–H groups in total. The number of rotatable bonds is 2. The summed E-state index contributed by atoms with van der Waals surface area (Å²) in [7, 11) is 0. The molecular weight excluding hydrogens is 164 g/mol. The van der Waals surface area contributed by atoms with Gasteiger partial charge in [0.05, 0.1) is 13.2 Å². The summed E-state index contributed by atoms with van der Waals surface area (Å²) in [5.74, 6) is 0. The maximum atomic E-state index is 9.23. The molecule has 0 radical (unpaired) electrons. The van der Waals surface area contributed by atoms with Crippen LogP contribution in [0.3, 0.4) is 0 Å². The van der Waals surface area contributed by atoms with Crippen molar-refractivity contribution < 1.29 is 9.84 Å². The lowest BCUT2D eigenvalue weighted by Crippen LogP contribution is -2.44. The number of benzene rings is 1. The predicted octanol–water partition coefficient (Wildman–Crippen LogP) is 1.60. The van der Waals surface area contributed by atoms with Crippen LogP contribution in [0.5, 0.6) is 0 Å². The summed E-state index contributed by atoms with van der Waals surface area (Å²) in [6.07, 6.45) is 0.923. The van der Waals surface area contributed by atoms with Crippen molar-refractivity contribution in [3.05, 3.63) is 35.4 Å². The van der Waals surface area contributed by atoms with Gasteiger partial charge in [-0.2, -0.15) is 0 Å². The van der Waals surface area contributed by atoms with Crippen molar-refractivity contribution >= 4 is 0 Å². The van der Waals surface area contributed by atoms with Gasteiger partial charge in [-0.05, 0) is 12.5 Å². The Morgan fingerprint density at radius 1 is 1.38 bits per heavy atom. The van der Waals surface area contributed by atoms with Crippen LogP contribution in [0.25, 0.3) is 0 Å². The van der Waals surface area contributed by atoms with Crippen molar-refractivity contribution in [1.29, 1.82) is 0 Å². The van der Waals surface area contributed by atoms with Gasteiger partial charge in [0.2, 0.25) is 0 Å². The first-order chi connectivity index (χ1) is 6.27. The highest BCUT2D eigenvalue weighted by molar-refractivity contribution is 5.28. The van der Waals surface area contributed by atoms with Crippen LogP contribution in [0.2, 0.25) is 0 Å². The van der Waals surface area contributed by atoms with Crippen molar-refractivity contribution in [2.24, 2.45) is 0 Å². The Morgan fingerprint density at radius 3 is 2.38 bits per heavy atom. The molecule has 1 unspecified atom stereocenters. The van der Waals surface area contributed by atoms with E-state index >= 15 is 0 Å².